The molecule has 0 radical (unpaired) electrons. The Morgan fingerprint density at radius 2 is 1.67 bits per heavy atom. The van der Waals surface area contributed by atoms with Gasteiger partial charge in [-0.2, -0.15) is 0 Å². The molecule has 0 spiro atoms. The van der Waals surface area contributed by atoms with Crippen LogP contribution < -0.4 is 0 Å². The molecule has 0 aromatic heterocycles. The van der Waals surface area contributed by atoms with E-state index in [-0.39, 0.29) is 0 Å². The summed E-state index contributed by atoms with van der Waals surface area (Å²) in [7, 11) is 9.90. The molecule has 0 atom stereocenters. The van der Waals surface area contributed by atoms with E-state index in [4.69, 9.17) is 19.4 Å². The fourth-order valence-corrected chi connectivity index (χ4v) is 0. The van der Waals surface area contributed by atoms with Gasteiger partial charge in [0.25, 0.3) is 0 Å². The van der Waals surface area contributed by atoms with Gasteiger partial charge in [0, 0.05) is 0 Å². The number of rotatable bonds is 0. The number of halogens is 2. The zero-order valence-electron chi connectivity index (χ0n) is 3.45. The van der Waals surface area contributed by atoms with Gasteiger partial charge in [0.05, 0.1) is 0 Å². The molecule has 0 rings (SSSR count). The van der Waals surface area contributed by atoms with Crippen LogP contribution in [0, 0.1) is 6.92 Å². The quantitative estimate of drug-likeness (QED) is 0.394. The Morgan fingerprint density at radius 3 is 1.67 bits per heavy atom. The summed E-state index contributed by atoms with van der Waals surface area (Å²) in [4.78, 5) is 0. The fourth-order valence-electron chi connectivity index (χ4n) is 0. The second-order valence-electron chi connectivity index (χ2n) is 0.390. The van der Waals surface area contributed by atoms with E-state index in [0.29, 0.717) is 0 Å². The molecule has 0 aliphatic rings. The van der Waals surface area contributed by atoms with Crippen LogP contribution >= 0.6 is 19.4 Å². The van der Waals surface area contributed by atoms with Gasteiger partial charge >= 0.3 is 34.5 Å². The van der Waals surface area contributed by atoms with Crippen molar-refractivity contribution in [2.24, 2.45) is 0 Å². The molecule has 0 aliphatic carbocycles. The molecule has 0 aromatic rings. The van der Waals surface area contributed by atoms with E-state index < -0.39 is 15.1 Å². The van der Waals surface area contributed by atoms with Crippen molar-refractivity contribution in [2.45, 2.75) is 0 Å². The monoisotopic (exact) mass is 175 g/mol. The summed E-state index contributed by atoms with van der Waals surface area (Å²) in [6.07, 6.45) is 1.50. The summed E-state index contributed by atoms with van der Waals surface area (Å²) in [5.74, 6) is 0. The predicted molar refractivity (Wildman–Crippen MR) is 27.3 cm³/mol. The van der Waals surface area contributed by atoms with Gasteiger partial charge in [0.1, 0.15) is 0 Å². The van der Waals surface area contributed by atoms with Crippen molar-refractivity contribution in [1.29, 1.82) is 0 Å². The number of hydrogen-bond donors (Lipinski definition) is 0. The van der Waals surface area contributed by atoms with Crippen LogP contribution in [-0.2, 0) is 15.1 Å². The van der Waals surface area contributed by atoms with Gasteiger partial charge in [-0.25, -0.2) is 19.6 Å². The number of allylic oxidation sites excluding steroid dienone is 1. The molecule has 3 heteroatoms. The van der Waals surface area contributed by atoms with Crippen molar-refractivity contribution < 1.29 is 15.1 Å². The van der Waals surface area contributed by atoms with Crippen molar-refractivity contribution >= 4 is 19.4 Å². The predicted octanol–water partition coefficient (Wildman–Crippen LogP) is 2.38. The summed E-state index contributed by atoms with van der Waals surface area (Å²) in [5.41, 5.74) is 0. The molecule has 0 bridgehead atoms. The first-order valence-electron chi connectivity index (χ1n) is 1.35. The Hall–Kier alpha value is 0.813. The van der Waals surface area contributed by atoms with Gasteiger partial charge in [-0.1, -0.05) is 0 Å². The van der Waals surface area contributed by atoms with E-state index in [1.165, 1.54) is 6.08 Å². The molecule has 0 amide bonds. The molecule has 0 fully saturated rings. The average Bonchev–Trinajstić information content (AvgIpc) is 1.39. The van der Waals surface area contributed by atoms with Crippen LogP contribution in [0.3, 0.4) is 0 Å². The van der Waals surface area contributed by atoms with Gasteiger partial charge in [0.2, 0.25) is 0 Å². The first-order chi connectivity index (χ1) is 2.83. The molecule has 0 aromatic carbocycles. The molecular weight excluding hydrogens is 172 g/mol. The SMILES string of the molecule is C=C[CH2-].[Cl][Zn][Cl]. The van der Waals surface area contributed by atoms with Crippen LogP contribution in [0.2, 0.25) is 0 Å². The minimum atomic E-state index is -0.931. The van der Waals surface area contributed by atoms with E-state index in [1.54, 1.807) is 0 Å². The third-order valence-corrected chi connectivity index (χ3v) is 0. The zero-order chi connectivity index (χ0) is 5.41. The van der Waals surface area contributed by atoms with E-state index in [9.17, 15) is 0 Å². The van der Waals surface area contributed by atoms with Crippen LogP contribution in [0.25, 0.3) is 0 Å². The van der Waals surface area contributed by atoms with Crippen LogP contribution in [0.5, 0.6) is 0 Å². The van der Waals surface area contributed by atoms with Gasteiger partial charge in [-0.05, 0) is 0 Å². The van der Waals surface area contributed by atoms with E-state index in [1.807, 2.05) is 0 Å². The van der Waals surface area contributed by atoms with E-state index >= 15 is 0 Å². The van der Waals surface area contributed by atoms with Crippen molar-refractivity contribution in [3.63, 3.8) is 0 Å². The Balaban J connectivity index is 0. The molecule has 0 unspecified atom stereocenters. The fraction of sp³-hybridized carbons (Fsp3) is 0. The zero-order valence-corrected chi connectivity index (χ0v) is 7.93. The van der Waals surface area contributed by atoms with Gasteiger partial charge in [-0.15, -0.1) is 0 Å². The summed E-state index contributed by atoms with van der Waals surface area (Å²) < 4.78 is 0. The molecule has 34 valence electrons. The van der Waals surface area contributed by atoms with Crippen molar-refractivity contribution in [3.05, 3.63) is 19.6 Å². The van der Waals surface area contributed by atoms with Crippen molar-refractivity contribution in [1.82, 2.24) is 0 Å². The summed E-state index contributed by atoms with van der Waals surface area (Å²) in [6, 6.07) is 0. The van der Waals surface area contributed by atoms with Crippen molar-refractivity contribution in [2.75, 3.05) is 0 Å². The summed E-state index contributed by atoms with van der Waals surface area (Å²) in [5, 5.41) is 0. The molecule has 0 nitrogen and oxygen atoms in total. The Labute approximate surface area is 54.2 Å². The summed E-state index contributed by atoms with van der Waals surface area (Å²) >= 11 is -0.931. The maximum atomic E-state index is 4.95. The Morgan fingerprint density at radius 1 is 1.67 bits per heavy atom. The second kappa shape index (κ2) is 17.0. The third kappa shape index (κ3) is 106. The van der Waals surface area contributed by atoms with E-state index in [0.717, 1.165) is 0 Å². The van der Waals surface area contributed by atoms with Crippen LogP contribution in [0.1, 0.15) is 0 Å². The van der Waals surface area contributed by atoms with Crippen LogP contribution in [0.4, 0.5) is 0 Å². The molecule has 0 heterocycles. The molecule has 6 heavy (non-hydrogen) atoms. The van der Waals surface area contributed by atoms with Gasteiger partial charge in [0.15, 0.2) is 0 Å². The van der Waals surface area contributed by atoms with E-state index in [2.05, 4.69) is 13.5 Å². The maximum absolute atomic E-state index is 4.95. The molecule has 0 N–H and O–H groups in total. The first-order valence-corrected chi connectivity index (χ1v) is 9.15. The normalized spacial score (nSPS) is 3.67. The van der Waals surface area contributed by atoms with Crippen LogP contribution in [0.15, 0.2) is 12.7 Å². The topological polar surface area (TPSA) is 0 Å². The van der Waals surface area contributed by atoms with Crippen molar-refractivity contribution in [3.8, 4) is 0 Å². The summed E-state index contributed by atoms with van der Waals surface area (Å²) in [6.45, 7) is 6.50. The molecule has 0 saturated heterocycles. The average molecular weight is 177 g/mol. The standard InChI is InChI=1S/C3H5.2ClH.Zn/c1-3-2;;;/h3H,1-2H2;2*1H;/q-1;;;+2/p-2. The first kappa shape index (κ1) is 9.94. The molecular formula is C3H5Cl2Zn-. The van der Waals surface area contributed by atoms with Gasteiger partial charge < -0.3 is 0 Å². The molecule has 0 aliphatic heterocycles. The van der Waals surface area contributed by atoms with Crippen LogP contribution in [-0.4, -0.2) is 0 Å². The third-order valence-electron chi connectivity index (χ3n) is 0. The Bertz CT molecular complexity index is 22.8. The Kier molecular flexibility index (Phi) is 28.2. The second-order valence-corrected chi connectivity index (χ2v) is 5.01. The minimum absolute atomic E-state index is 0.931. The number of hydrogen-bond acceptors (Lipinski definition) is 0. The molecule has 0 saturated carbocycles. The van der Waals surface area contributed by atoms with Gasteiger partial charge in [-0.3, -0.25) is 0 Å².